The van der Waals surface area contributed by atoms with Crippen LogP contribution in [-0.2, 0) is 10.8 Å². The van der Waals surface area contributed by atoms with Gasteiger partial charge in [-0.15, -0.1) is 0 Å². The Morgan fingerprint density at radius 3 is 3.00 bits per heavy atom. The first-order valence-electron chi connectivity index (χ1n) is 4.76. The van der Waals surface area contributed by atoms with Crippen LogP contribution in [-0.4, -0.2) is 31.7 Å². The number of hydrogen-bond acceptors (Lipinski definition) is 4. The van der Waals surface area contributed by atoms with Gasteiger partial charge in [0.05, 0.1) is 0 Å². The summed E-state index contributed by atoms with van der Waals surface area (Å²) >= 11 is 5.81. The predicted octanol–water partition coefficient (Wildman–Crippen LogP) is 1.37. The van der Waals surface area contributed by atoms with Crippen LogP contribution in [0.1, 0.15) is 12.2 Å². The van der Waals surface area contributed by atoms with Crippen LogP contribution in [0.3, 0.4) is 0 Å². The molecular formula is C9H12ClN3OS. The summed E-state index contributed by atoms with van der Waals surface area (Å²) in [5.41, 5.74) is 0. The number of nitrogens with zero attached hydrogens (tertiary/aromatic N) is 2. The molecule has 0 aliphatic carbocycles. The highest BCUT2D eigenvalue weighted by Crippen LogP contribution is 2.16. The molecule has 1 aromatic rings. The highest BCUT2D eigenvalue weighted by atomic mass is 35.5. The molecule has 82 valence electrons. The van der Waals surface area contributed by atoms with Crippen molar-refractivity contribution in [1.29, 1.82) is 0 Å². The quantitative estimate of drug-likeness (QED) is 0.800. The topological polar surface area (TPSA) is 54.9 Å². The van der Waals surface area contributed by atoms with Crippen molar-refractivity contribution in [2.75, 3.05) is 16.8 Å². The Kier molecular flexibility index (Phi) is 3.21. The fourth-order valence-electron chi connectivity index (χ4n) is 1.59. The van der Waals surface area contributed by atoms with E-state index in [9.17, 15) is 4.21 Å². The monoisotopic (exact) mass is 245 g/mol. The van der Waals surface area contributed by atoms with E-state index in [4.69, 9.17) is 11.6 Å². The van der Waals surface area contributed by atoms with E-state index in [0.717, 1.165) is 18.0 Å². The van der Waals surface area contributed by atoms with Gasteiger partial charge in [0.25, 0.3) is 0 Å². The summed E-state index contributed by atoms with van der Waals surface area (Å²) in [7, 11) is -0.676. The summed E-state index contributed by atoms with van der Waals surface area (Å²) in [6.07, 6.45) is 0.924. The van der Waals surface area contributed by atoms with E-state index in [-0.39, 0.29) is 6.04 Å². The van der Waals surface area contributed by atoms with Crippen molar-refractivity contribution in [3.05, 3.63) is 17.0 Å². The predicted molar refractivity (Wildman–Crippen MR) is 61.7 cm³/mol. The number of aromatic nitrogens is 2. The third kappa shape index (κ3) is 2.89. The number of aryl methyl sites for hydroxylation is 1. The third-order valence-electron chi connectivity index (χ3n) is 2.24. The van der Waals surface area contributed by atoms with Gasteiger partial charge in [0.2, 0.25) is 0 Å². The average Bonchev–Trinajstić information content (AvgIpc) is 2.49. The second-order valence-electron chi connectivity index (χ2n) is 3.56. The Morgan fingerprint density at radius 1 is 1.60 bits per heavy atom. The molecule has 0 spiro atoms. The Hall–Kier alpha value is -0.680. The highest BCUT2D eigenvalue weighted by Gasteiger charge is 2.21. The van der Waals surface area contributed by atoms with Gasteiger partial charge in [-0.05, 0) is 13.3 Å². The van der Waals surface area contributed by atoms with Crippen LogP contribution in [0.2, 0.25) is 5.15 Å². The minimum absolute atomic E-state index is 0.246. The smallest absolute Gasteiger partial charge is 0.134 e. The lowest BCUT2D eigenvalue weighted by molar-refractivity contribution is 0.686. The van der Waals surface area contributed by atoms with E-state index in [1.807, 2.05) is 0 Å². The molecule has 0 radical (unpaired) electrons. The van der Waals surface area contributed by atoms with Gasteiger partial charge in [0, 0.05) is 34.4 Å². The molecule has 1 aromatic heterocycles. The Morgan fingerprint density at radius 2 is 2.40 bits per heavy atom. The zero-order chi connectivity index (χ0) is 10.8. The summed E-state index contributed by atoms with van der Waals surface area (Å²) in [4.78, 5) is 8.20. The Balaban J connectivity index is 2.07. The summed E-state index contributed by atoms with van der Waals surface area (Å²) in [6, 6.07) is 1.94. The maximum atomic E-state index is 11.2. The lowest BCUT2D eigenvalue weighted by Crippen LogP contribution is -2.20. The molecule has 1 aliphatic rings. The third-order valence-corrected chi connectivity index (χ3v) is 3.90. The fraction of sp³-hybridized carbons (Fsp3) is 0.556. The van der Waals surface area contributed by atoms with Crippen LogP contribution in [0.15, 0.2) is 6.07 Å². The maximum Gasteiger partial charge on any atom is 0.134 e. The maximum absolute atomic E-state index is 11.2. The number of anilines is 1. The van der Waals surface area contributed by atoms with Crippen LogP contribution in [0, 0.1) is 6.92 Å². The number of hydrogen-bond donors (Lipinski definition) is 1. The molecule has 15 heavy (non-hydrogen) atoms. The van der Waals surface area contributed by atoms with Gasteiger partial charge in [-0.2, -0.15) is 0 Å². The number of rotatable bonds is 2. The molecule has 0 amide bonds. The van der Waals surface area contributed by atoms with Crippen molar-refractivity contribution in [2.45, 2.75) is 19.4 Å². The molecular weight excluding hydrogens is 234 g/mol. The van der Waals surface area contributed by atoms with Crippen molar-refractivity contribution in [2.24, 2.45) is 0 Å². The summed E-state index contributed by atoms with van der Waals surface area (Å²) in [6.45, 7) is 1.80. The summed E-state index contributed by atoms with van der Waals surface area (Å²) < 4.78 is 11.2. The molecule has 0 aromatic carbocycles. The van der Waals surface area contributed by atoms with Crippen LogP contribution in [0.4, 0.5) is 5.82 Å². The second-order valence-corrected chi connectivity index (χ2v) is 5.57. The molecule has 2 heterocycles. The molecule has 2 atom stereocenters. The van der Waals surface area contributed by atoms with Crippen molar-refractivity contribution >= 4 is 28.2 Å². The molecule has 1 saturated heterocycles. The van der Waals surface area contributed by atoms with Gasteiger partial charge in [0.1, 0.15) is 16.8 Å². The van der Waals surface area contributed by atoms with E-state index >= 15 is 0 Å². The molecule has 1 fully saturated rings. The van der Waals surface area contributed by atoms with Crippen LogP contribution < -0.4 is 5.32 Å². The van der Waals surface area contributed by atoms with Crippen LogP contribution >= 0.6 is 11.6 Å². The summed E-state index contributed by atoms with van der Waals surface area (Å²) in [5, 5.41) is 3.66. The van der Waals surface area contributed by atoms with Gasteiger partial charge in [0.15, 0.2) is 0 Å². The molecule has 0 bridgehead atoms. The largest absolute Gasteiger partial charge is 0.366 e. The molecule has 1 aliphatic heterocycles. The Labute approximate surface area is 95.9 Å². The molecule has 4 nitrogen and oxygen atoms in total. The van der Waals surface area contributed by atoms with Crippen molar-refractivity contribution < 1.29 is 4.21 Å². The number of halogens is 1. The van der Waals surface area contributed by atoms with E-state index in [1.165, 1.54) is 0 Å². The van der Waals surface area contributed by atoms with Gasteiger partial charge in [-0.3, -0.25) is 4.21 Å². The SMILES string of the molecule is Cc1nc(Cl)cc(N[C@H]2CC[S@](=O)C2)n1. The average molecular weight is 246 g/mol. The second kappa shape index (κ2) is 4.45. The van der Waals surface area contributed by atoms with Gasteiger partial charge in [-0.1, -0.05) is 11.6 Å². The van der Waals surface area contributed by atoms with Crippen molar-refractivity contribution in [1.82, 2.24) is 9.97 Å². The summed E-state index contributed by atoms with van der Waals surface area (Å²) in [5.74, 6) is 2.83. The van der Waals surface area contributed by atoms with Crippen molar-refractivity contribution in [3.63, 3.8) is 0 Å². The minimum Gasteiger partial charge on any atom is -0.366 e. The van der Waals surface area contributed by atoms with E-state index < -0.39 is 10.8 Å². The molecule has 1 N–H and O–H groups in total. The van der Waals surface area contributed by atoms with Gasteiger partial charge >= 0.3 is 0 Å². The normalized spacial score (nSPS) is 25.5. The lowest BCUT2D eigenvalue weighted by Gasteiger charge is -2.11. The van der Waals surface area contributed by atoms with E-state index in [2.05, 4.69) is 15.3 Å². The van der Waals surface area contributed by atoms with Crippen molar-refractivity contribution in [3.8, 4) is 0 Å². The first-order valence-corrected chi connectivity index (χ1v) is 6.63. The minimum atomic E-state index is -0.676. The molecule has 0 saturated carbocycles. The molecule has 2 rings (SSSR count). The zero-order valence-electron chi connectivity index (χ0n) is 8.36. The van der Waals surface area contributed by atoms with Crippen LogP contribution in [0.5, 0.6) is 0 Å². The standard InChI is InChI=1S/C9H12ClN3OS/c1-6-11-8(10)4-9(12-6)13-7-2-3-15(14)5-7/h4,7H,2-3,5H2,1H3,(H,11,12,13)/t7-,15-/m0/s1. The highest BCUT2D eigenvalue weighted by molar-refractivity contribution is 7.85. The lowest BCUT2D eigenvalue weighted by atomic mass is 10.2. The fourth-order valence-corrected chi connectivity index (χ4v) is 3.23. The first kappa shape index (κ1) is 10.8. The number of nitrogens with one attached hydrogen (secondary N) is 1. The van der Waals surface area contributed by atoms with E-state index in [0.29, 0.717) is 16.7 Å². The van der Waals surface area contributed by atoms with E-state index in [1.54, 1.807) is 13.0 Å². The van der Waals surface area contributed by atoms with Gasteiger partial charge in [-0.25, -0.2) is 9.97 Å². The van der Waals surface area contributed by atoms with Crippen LogP contribution in [0.25, 0.3) is 0 Å². The zero-order valence-corrected chi connectivity index (χ0v) is 9.94. The van der Waals surface area contributed by atoms with Gasteiger partial charge < -0.3 is 5.32 Å². The first-order chi connectivity index (χ1) is 7.13. The molecule has 6 heteroatoms. The molecule has 0 unspecified atom stereocenters. The Bertz CT molecular complexity index is 379.